The molecule has 0 atom stereocenters. The zero-order chi connectivity index (χ0) is 18.6. The van der Waals surface area contributed by atoms with Crippen LogP contribution in [0.2, 0.25) is 0 Å². The molecule has 0 unspecified atom stereocenters. The van der Waals surface area contributed by atoms with Gasteiger partial charge in [-0.05, 0) is 42.0 Å². The van der Waals surface area contributed by atoms with Gasteiger partial charge in [-0.25, -0.2) is 12.8 Å². The number of anilines is 1. The molecule has 0 spiro atoms. The van der Waals surface area contributed by atoms with Gasteiger partial charge in [0.2, 0.25) is 5.91 Å². The van der Waals surface area contributed by atoms with E-state index in [2.05, 4.69) is 15.0 Å². The summed E-state index contributed by atoms with van der Waals surface area (Å²) in [6.07, 6.45) is 0.171. The number of nitrogens with one attached hydrogen (secondary N) is 2. The molecule has 1 amide bonds. The van der Waals surface area contributed by atoms with Gasteiger partial charge in [0, 0.05) is 11.4 Å². The van der Waals surface area contributed by atoms with Gasteiger partial charge < -0.3 is 5.32 Å². The fraction of sp³-hybridized carbons (Fsp3) is 0.176. The van der Waals surface area contributed by atoms with Crippen LogP contribution in [0.5, 0.6) is 0 Å². The zero-order valence-corrected chi connectivity index (χ0v) is 15.2. The predicted octanol–water partition coefficient (Wildman–Crippen LogP) is 2.39. The van der Waals surface area contributed by atoms with E-state index in [4.69, 9.17) is 0 Å². The Balaban J connectivity index is 1.62. The molecule has 2 aromatic carbocycles. The minimum absolute atomic E-state index is 0.0304. The standard InChI is InChI=1S/C17H16FN3O3S2/c18-13-3-7-15(8-4-13)26(23,24)21-14-5-1-12(2-6-14)11-16(22)20-17-19-9-10-25-17/h1-8,21H,9-11H2,(H,19,20,22). The number of carbonyl (C=O) groups is 1. The molecule has 6 nitrogen and oxygen atoms in total. The number of sulfonamides is 1. The maximum absolute atomic E-state index is 12.9. The third-order valence-corrected chi connectivity index (χ3v) is 5.82. The highest BCUT2D eigenvalue weighted by Gasteiger charge is 2.15. The third-order valence-electron chi connectivity index (χ3n) is 3.53. The maximum atomic E-state index is 12.9. The van der Waals surface area contributed by atoms with Gasteiger partial charge in [-0.2, -0.15) is 0 Å². The summed E-state index contributed by atoms with van der Waals surface area (Å²) in [4.78, 5) is 16.1. The first-order valence-corrected chi connectivity index (χ1v) is 10.2. The van der Waals surface area contributed by atoms with Crippen LogP contribution in [0.25, 0.3) is 0 Å². The molecule has 0 aliphatic carbocycles. The lowest BCUT2D eigenvalue weighted by Gasteiger charge is -2.09. The average molecular weight is 393 g/mol. The summed E-state index contributed by atoms with van der Waals surface area (Å²) < 4.78 is 39.9. The van der Waals surface area contributed by atoms with E-state index >= 15 is 0 Å². The lowest BCUT2D eigenvalue weighted by atomic mass is 10.1. The van der Waals surface area contributed by atoms with Gasteiger partial charge in [-0.1, -0.05) is 23.9 Å². The molecule has 0 saturated heterocycles. The van der Waals surface area contributed by atoms with E-state index in [9.17, 15) is 17.6 Å². The molecule has 0 bridgehead atoms. The van der Waals surface area contributed by atoms with Gasteiger partial charge >= 0.3 is 0 Å². The van der Waals surface area contributed by atoms with Gasteiger partial charge in [-0.15, -0.1) is 0 Å². The van der Waals surface area contributed by atoms with Crippen LogP contribution in [0.3, 0.4) is 0 Å². The number of halogens is 1. The summed E-state index contributed by atoms with van der Waals surface area (Å²) in [5.41, 5.74) is 1.10. The van der Waals surface area contributed by atoms with E-state index in [-0.39, 0.29) is 17.2 Å². The fourth-order valence-corrected chi connectivity index (χ4v) is 4.08. The van der Waals surface area contributed by atoms with Crippen LogP contribution in [-0.4, -0.2) is 31.8 Å². The summed E-state index contributed by atoms with van der Waals surface area (Å²) in [5, 5.41) is 3.38. The van der Waals surface area contributed by atoms with Gasteiger partial charge in [-0.3, -0.25) is 14.5 Å². The summed E-state index contributed by atoms with van der Waals surface area (Å²) >= 11 is 1.51. The first-order valence-electron chi connectivity index (χ1n) is 7.77. The number of hydrogen-bond donors (Lipinski definition) is 2. The van der Waals surface area contributed by atoms with E-state index < -0.39 is 15.8 Å². The second-order valence-corrected chi connectivity index (χ2v) is 8.28. The Labute approximate surface area is 155 Å². The monoisotopic (exact) mass is 393 g/mol. The number of carbonyl (C=O) groups excluding carboxylic acids is 1. The molecule has 0 saturated carbocycles. The molecule has 2 N–H and O–H groups in total. The minimum Gasteiger partial charge on any atom is -0.305 e. The van der Waals surface area contributed by atoms with Crippen LogP contribution in [-0.2, 0) is 21.2 Å². The number of aliphatic imine (C=N–C) groups is 1. The number of nitrogens with zero attached hydrogens (tertiary/aromatic N) is 1. The molecule has 1 aliphatic rings. The molecular formula is C17H16FN3O3S2. The van der Waals surface area contributed by atoms with E-state index in [1.165, 1.54) is 23.9 Å². The van der Waals surface area contributed by atoms with Gasteiger partial charge in [0.25, 0.3) is 10.0 Å². The highest BCUT2D eigenvalue weighted by molar-refractivity contribution is 8.14. The Hall–Kier alpha value is -2.39. The van der Waals surface area contributed by atoms with Crippen LogP contribution in [0, 0.1) is 5.82 Å². The van der Waals surface area contributed by atoms with Gasteiger partial charge in [0.1, 0.15) is 5.82 Å². The first kappa shape index (κ1) is 18.4. The van der Waals surface area contributed by atoms with E-state index in [0.29, 0.717) is 17.4 Å². The third kappa shape index (κ3) is 4.83. The predicted molar refractivity (Wildman–Crippen MR) is 100 cm³/mol. The quantitative estimate of drug-likeness (QED) is 0.817. The molecule has 0 fully saturated rings. The van der Waals surface area contributed by atoms with Crippen molar-refractivity contribution in [3.8, 4) is 0 Å². The topological polar surface area (TPSA) is 87.6 Å². The normalized spacial score (nSPS) is 14.0. The van der Waals surface area contributed by atoms with Crippen LogP contribution in [0.4, 0.5) is 10.1 Å². The SMILES string of the molecule is O=C(Cc1ccc(NS(=O)(=O)c2ccc(F)cc2)cc1)NC1=NCCS1. The summed E-state index contributed by atoms with van der Waals surface area (Å²) in [7, 11) is -3.80. The van der Waals surface area contributed by atoms with Crippen molar-refractivity contribution in [3.05, 3.63) is 59.9 Å². The van der Waals surface area contributed by atoms with E-state index in [0.717, 1.165) is 23.4 Å². The molecule has 3 rings (SSSR count). The molecule has 0 radical (unpaired) electrons. The Morgan fingerprint density at radius 3 is 2.42 bits per heavy atom. The molecule has 1 heterocycles. The summed E-state index contributed by atoms with van der Waals surface area (Å²) in [6, 6.07) is 11.1. The van der Waals surface area contributed by atoms with Crippen molar-refractivity contribution in [2.45, 2.75) is 11.3 Å². The van der Waals surface area contributed by atoms with Gasteiger partial charge in [0.05, 0.1) is 17.9 Å². The zero-order valence-electron chi connectivity index (χ0n) is 13.6. The van der Waals surface area contributed by atoms with Crippen LogP contribution in [0.15, 0.2) is 58.4 Å². The van der Waals surface area contributed by atoms with E-state index in [1.807, 2.05) is 0 Å². The molecule has 0 aromatic heterocycles. The molecule has 136 valence electrons. The van der Waals surface area contributed by atoms with Crippen molar-refractivity contribution in [2.75, 3.05) is 17.0 Å². The second kappa shape index (κ2) is 7.88. The maximum Gasteiger partial charge on any atom is 0.261 e. The van der Waals surface area contributed by atoms with Crippen LogP contribution < -0.4 is 10.0 Å². The minimum atomic E-state index is -3.80. The second-order valence-electron chi connectivity index (χ2n) is 5.52. The van der Waals surface area contributed by atoms with Crippen molar-refractivity contribution >= 4 is 38.5 Å². The number of hydrogen-bond acceptors (Lipinski definition) is 5. The fourth-order valence-electron chi connectivity index (χ4n) is 2.28. The number of rotatable bonds is 5. The largest absolute Gasteiger partial charge is 0.305 e. The Morgan fingerprint density at radius 2 is 1.81 bits per heavy atom. The number of amidine groups is 1. The Morgan fingerprint density at radius 1 is 1.12 bits per heavy atom. The molecular weight excluding hydrogens is 377 g/mol. The first-order chi connectivity index (χ1) is 12.4. The smallest absolute Gasteiger partial charge is 0.261 e. The summed E-state index contributed by atoms with van der Waals surface area (Å²) in [5.74, 6) is 0.199. The lowest BCUT2D eigenvalue weighted by Crippen LogP contribution is -2.28. The number of benzene rings is 2. The lowest BCUT2D eigenvalue weighted by molar-refractivity contribution is -0.119. The highest BCUT2D eigenvalue weighted by atomic mass is 32.2. The number of amides is 1. The van der Waals surface area contributed by atoms with Gasteiger partial charge in [0.15, 0.2) is 5.17 Å². The van der Waals surface area contributed by atoms with Crippen LogP contribution >= 0.6 is 11.8 Å². The van der Waals surface area contributed by atoms with Crippen molar-refractivity contribution in [1.82, 2.24) is 5.32 Å². The number of thioether (sulfide) groups is 1. The van der Waals surface area contributed by atoms with Crippen molar-refractivity contribution in [3.63, 3.8) is 0 Å². The highest BCUT2D eigenvalue weighted by Crippen LogP contribution is 2.17. The van der Waals surface area contributed by atoms with Crippen molar-refractivity contribution < 1.29 is 17.6 Å². The molecule has 2 aromatic rings. The summed E-state index contributed by atoms with van der Waals surface area (Å²) in [6.45, 7) is 0.711. The van der Waals surface area contributed by atoms with E-state index in [1.54, 1.807) is 24.3 Å². The molecule has 26 heavy (non-hydrogen) atoms. The Kier molecular flexibility index (Phi) is 5.58. The van der Waals surface area contributed by atoms with Crippen molar-refractivity contribution in [1.29, 1.82) is 0 Å². The molecule has 1 aliphatic heterocycles. The van der Waals surface area contributed by atoms with Crippen LogP contribution in [0.1, 0.15) is 5.56 Å². The van der Waals surface area contributed by atoms with Crippen molar-refractivity contribution in [2.24, 2.45) is 4.99 Å². The average Bonchev–Trinajstić information content (AvgIpc) is 3.09. The Bertz CT molecular complexity index is 927. The molecule has 9 heteroatoms.